The van der Waals surface area contributed by atoms with Crippen LogP contribution in [-0.4, -0.2) is 37.3 Å². The molecule has 0 aromatic carbocycles. The van der Waals surface area contributed by atoms with E-state index in [1.54, 1.807) is 11.8 Å². The summed E-state index contributed by atoms with van der Waals surface area (Å²) in [4.78, 5) is 0. The molecule has 0 spiro atoms. The molecule has 1 saturated heterocycles. The number of nitrogens with one attached hydrogen (secondary N) is 1. The quantitative estimate of drug-likeness (QED) is 0.719. The summed E-state index contributed by atoms with van der Waals surface area (Å²) in [6, 6.07) is 2.18. The molecular formula is C9H16N2OS. The van der Waals surface area contributed by atoms with Gasteiger partial charge in [-0.3, -0.25) is 0 Å². The fraction of sp³-hybridized carbons (Fsp3) is 0.889. The van der Waals surface area contributed by atoms with Crippen molar-refractivity contribution in [3.8, 4) is 6.07 Å². The van der Waals surface area contributed by atoms with Crippen molar-refractivity contribution in [1.82, 2.24) is 5.32 Å². The van der Waals surface area contributed by atoms with Crippen LogP contribution in [-0.2, 0) is 4.74 Å². The summed E-state index contributed by atoms with van der Waals surface area (Å²) in [6.07, 6.45) is 2.81. The van der Waals surface area contributed by atoms with Crippen LogP contribution in [0.2, 0.25) is 0 Å². The lowest BCUT2D eigenvalue weighted by Gasteiger charge is -2.10. The molecule has 13 heavy (non-hydrogen) atoms. The minimum Gasteiger partial charge on any atom is -0.377 e. The number of hydrogen-bond donors (Lipinski definition) is 1. The first-order valence-corrected chi connectivity index (χ1v) is 5.78. The molecule has 0 aromatic heterocycles. The van der Waals surface area contributed by atoms with E-state index in [0.717, 1.165) is 18.1 Å². The predicted molar refractivity (Wildman–Crippen MR) is 54.8 cm³/mol. The normalized spacial score (nSPS) is 24.2. The van der Waals surface area contributed by atoms with Crippen LogP contribution in [0.3, 0.4) is 0 Å². The summed E-state index contributed by atoms with van der Waals surface area (Å²) in [5, 5.41) is 11.6. The minimum absolute atomic E-state index is 0.0218. The highest BCUT2D eigenvalue weighted by atomic mass is 32.2. The lowest BCUT2D eigenvalue weighted by molar-refractivity contribution is 0.129. The Kier molecular flexibility index (Phi) is 5.21. The van der Waals surface area contributed by atoms with Crippen molar-refractivity contribution in [2.75, 3.05) is 25.2 Å². The summed E-state index contributed by atoms with van der Waals surface area (Å²) in [7, 11) is 1.82. The van der Waals surface area contributed by atoms with Crippen molar-refractivity contribution in [2.45, 2.75) is 25.0 Å². The average molecular weight is 200 g/mol. The highest BCUT2D eigenvalue weighted by Gasteiger charge is 2.15. The van der Waals surface area contributed by atoms with E-state index in [0.29, 0.717) is 6.10 Å². The van der Waals surface area contributed by atoms with Gasteiger partial charge in [-0.25, -0.2) is 0 Å². The summed E-state index contributed by atoms with van der Waals surface area (Å²) in [5.41, 5.74) is 0. The zero-order chi connectivity index (χ0) is 9.52. The molecule has 1 heterocycles. The first-order valence-electron chi connectivity index (χ1n) is 4.63. The largest absolute Gasteiger partial charge is 0.377 e. The Morgan fingerprint density at radius 3 is 3.15 bits per heavy atom. The van der Waals surface area contributed by atoms with Crippen LogP contribution in [0.15, 0.2) is 0 Å². The first kappa shape index (κ1) is 10.8. The number of rotatable bonds is 5. The molecule has 2 unspecified atom stereocenters. The van der Waals surface area contributed by atoms with E-state index in [4.69, 9.17) is 10.00 Å². The predicted octanol–water partition coefficient (Wildman–Crippen LogP) is 1.01. The SMILES string of the molecule is CNC(C#N)CSCC1CCCO1. The Morgan fingerprint density at radius 2 is 2.62 bits per heavy atom. The molecule has 1 aliphatic rings. The van der Waals surface area contributed by atoms with Gasteiger partial charge in [-0.15, -0.1) is 0 Å². The molecular weight excluding hydrogens is 184 g/mol. The molecule has 0 bridgehead atoms. The van der Waals surface area contributed by atoms with Gasteiger partial charge in [0, 0.05) is 18.1 Å². The fourth-order valence-corrected chi connectivity index (χ4v) is 2.42. The van der Waals surface area contributed by atoms with Crippen LogP contribution in [0.4, 0.5) is 0 Å². The molecule has 3 nitrogen and oxygen atoms in total. The van der Waals surface area contributed by atoms with E-state index in [9.17, 15) is 0 Å². The van der Waals surface area contributed by atoms with Gasteiger partial charge < -0.3 is 10.1 Å². The number of thioether (sulfide) groups is 1. The molecule has 0 saturated carbocycles. The van der Waals surface area contributed by atoms with Crippen LogP contribution >= 0.6 is 11.8 Å². The fourth-order valence-electron chi connectivity index (χ4n) is 1.28. The maximum atomic E-state index is 8.66. The Bertz CT molecular complexity index is 175. The highest BCUT2D eigenvalue weighted by Crippen LogP contribution is 2.17. The summed E-state index contributed by atoms with van der Waals surface area (Å²) < 4.78 is 5.48. The molecule has 2 atom stereocenters. The van der Waals surface area contributed by atoms with Crippen LogP contribution < -0.4 is 5.32 Å². The molecule has 0 amide bonds. The lowest BCUT2D eigenvalue weighted by Crippen LogP contribution is -2.26. The van der Waals surface area contributed by atoms with Gasteiger partial charge in [0.05, 0.1) is 12.2 Å². The van der Waals surface area contributed by atoms with Crippen molar-refractivity contribution < 1.29 is 4.74 Å². The van der Waals surface area contributed by atoms with Gasteiger partial charge in [0.15, 0.2) is 0 Å². The minimum atomic E-state index is -0.0218. The van der Waals surface area contributed by atoms with Gasteiger partial charge in [-0.05, 0) is 19.9 Å². The number of hydrogen-bond acceptors (Lipinski definition) is 4. The highest BCUT2D eigenvalue weighted by molar-refractivity contribution is 7.99. The summed E-state index contributed by atoms with van der Waals surface area (Å²) >= 11 is 1.80. The van der Waals surface area contributed by atoms with Crippen molar-refractivity contribution >= 4 is 11.8 Å². The second-order valence-corrected chi connectivity index (χ2v) is 4.22. The Balaban J connectivity index is 2.02. The van der Waals surface area contributed by atoms with Crippen molar-refractivity contribution in [3.63, 3.8) is 0 Å². The second kappa shape index (κ2) is 6.25. The molecule has 74 valence electrons. The molecule has 1 N–H and O–H groups in total. The zero-order valence-corrected chi connectivity index (χ0v) is 8.77. The summed E-state index contributed by atoms with van der Waals surface area (Å²) in [6.45, 7) is 0.916. The topological polar surface area (TPSA) is 45.0 Å². The average Bonchev–Trinajstić information content (AvgIpc) is 2.65. The smallest absolute Gasteiger partial charge is 0.104 e. The number of nitrogens with zero attached hydrogens (tertiary/aromatic N) is 1. The van der Waals surface area contributed by atoms with E-state index in [2.05, 4.69) is 11.4 Å². The molecule has 1 fully saturated rings. The van der Waals surface area contributed by atoms with Crippen molar-refractivity contribution in [1.29, 1.82) is 5.26 Å². The molecule has 0 aliphatic carbocycles. The third-order valence-electron chi connectivity index (χ3n) is 2.12. The Labute approximate surface area is 83.8 Å². The standard InChI is InChI=1S/C9H16N2OS/c1-11-8(5-10)6-13-7-9-3-2-4-12-9/h8-9,11H,2-4,6-7H2,1H3. The van der Waals surface area contributed by atoms with Crippen molar-refractivity contribution in [2.24, 2.45) is 0 Å². The summed E-state index contributed by atoms with van der Waals surface area (Å²) in [5.74, 6) is 1.88. The first-order chi connectivity index (χ1) is 6.36. The van der Waals surface area contributed by atoms with E-state index in [1.807, 2.05) is 7.05 Å². The lowest BCUT2D eigenvalue weighted by atomic mass is 10.3. The zero-order valence-electron chi connectivity index (χ0n) is 7.95. The van der Waals surface area contributed by atoms with Gasteiger partial charge in [0.2, 0.25) is 0 Å². The van der Waals surface area contributed by atoms with Crippen LogP contribution in [0.5, 0.6) is 0 Å². The third kappa shape index (κ3) is 3.99. The number of nitriles is 1. The van der Waals surface area contributed by atoms with Gasteiger partial charge in [-0.2, -0.15) is 17.0 Å². The molecule has 4 heteroatoms. The molecule has 1 rings (SSSR count). The van der Waals surface area contributed by atoms with Gasteiger partial charge in [0.25, 0.3) is 0 Å². The third-order valence-corrected chi connectivity index (χ3v) is 3.29. The second-order valence-electron chi connectivity index (χ2n) is 3.14. The monoisotopic (exact) mass is 200 g/mol. The van der Waals surface area contributed by atoms with Gasteiger partial charge >= 0.3 is 0 Å². The van der Waals surface area contributed by atoms with E-state index >= 15 is 0 Å². The Morgan fingerprint density at radius 1 is 1.77 bits per heavy atom. The van der Waals surface area contributed by atoms with E-state index in [-0.39, 0.29) is 6.04 Å². The Hall–Kier alpha value is -0.240. The van der Waals surface area contributed by atoms with Crippen LogP contribution in [0, 0.1) is 11.3 Å². The van der Waals surface area contributed by atoms with Crippen LogP contribution in [0.25, 0.3) is 0 Å². The maximum absolute atomic E-state index is 8.66. The number of ether oxygens (including phenoxy) is 1. The van der Waals surface area contributed by atoms with Gasteiger partial charge in [0.1, 0.15) is 6.04 Å². The maximum Gasteiger partial charge on any atom is 0.104 e. The van der Waals surface area contributed by atoms with E-state index in [1.165, 1.54) is 12.8 Å². The molecule has 0 aromatic rings. The molecule has 1 aliphatic heterocycles. The van der Waals surface area contributed by atoms with E-state index < -0.39 is 0 Å². The van der Waals surface area contributed by atoms with Crippen LogP contribution in [0.1, 0.15) is 12.8 Å². The molecule has 0 radical (unpaired) electrons. The van der Waals surface area contributed by atoms with Crippen molar-refractivity contribution in [3.05, 3.63) is 0 Å². The van der Waals surface area contributed by atoms with Gasteiger partial charge in [-0.1, -0.05) is 0 Å².